The molecular formula is C52H99NO3. The van der Waals surface area contributed by atoms with Crippen LogP contribution in [0.5, 0.6) is 0 Å². The second-order valence-electron chi connectivity index (χ2n) is 17.2. The Morgan fingerprint density at radius 1 is 0.429 bits per heavy atom. The minimum atomic E-state index is -0.839. The summed E-state index contributed by atoms with van der Waals surface area (Å²) in [4.78, 5) is 12.4. The predicted octanol–water partition coefficient (Wildman–Crippen LogP) is 16.1. The number of amides is 1. The molecule has 0 spiro atoms. The predicted molar refractivity (Wildman–Crippen MR) is 248 cm³/mol. The Bertz CT molecular complexity index is 851. The molecule has 0 rings (SSSR count). The molecular weight excluding hydrogens is 687 g/mol. The fourth-order valence-electron chi connectivity index (χ4n) is 7.74. The summed E-state index contributed by atoms with van der Waals surface area (Å²) in [6, 6.07) is -0.622. The van der Waals surface area contributed by atoms with Gasteiger partial charge < -0.3 is 15.5 Å². The molecule has 3 N–H and O–H groups in total. The molecule has 2 atom stereocenters. The van der Waals surface area contributed by atoms with Crippen molar-refractivity contribution in [3.63, 3.8) is 0 Å². The molecule has 0 heterocycles. The first-order valence-electron chi connectivity index (χ1n) is 25.2. The van der Waals surface area contributed by atoms with Gasteiger partial charge in [-0.3, -0.25) is 4.79 Å². The maximum atomic E-state index is 12.4. The molecule has 0 saturated heterocycles. The summed E-state index contributed by atoms with van der Waals surface area (Å²) in [5, 5.41) is 23.1. The Balaban J connectivity index is 3.51. The SMILES string of the molecule is CCCCCCC/C=C\C/C=C\CCCCCCCCCCCCCCCC(=O)NC(CO)C(O)/C=C/CCCCCCCCCCCCCCCCCCC. The van der Waals surface area contributed by atoms with Gasteiger partial charge in [-0.05, 0) is 51.4 Å². The number of unbranched alkanes of at least 4 members (excludes halogenated alkanes) is 35. The van der Waals surface area contributed by atoms with Crippen molar-refractivity contribution in [3.8, 4) is 0 Å². The number of aliphatic hydroxyl groups excluding tert-OH is 2. The summed E-state index contributed by atoms with van der Waals surface area (Å²) < 4.78 is 0. The Hall–Kier alpha value is -1.39. The monoisotopic (exact) mass is 786 g/mol. The second kappa shape index (κ2) is 48.0. The summed E-state index contributed by atoms with van der Waals surface area (Å²) in [6.45, 7) is 4.32. The van der Waals surface area contributed by atoms with Crippen LogP contribution in [0.1, 0.15) is 271 Å². The maximum Gasteiger partial charge on any atom is 0.220 e. The number of carbonyl (C=O) groups is 1. The van der Waals surface area contributed by atoms with Gasteiger partial charge in [0.1, 0.15) is 0 Å². The fraction of sp³-hybridized carbons (Fsp3) is 0.865. The largest absolute Gasteiger partial charge is 0.394 e. The third kappa shape index (κ3) is 43.7. The molecule has 0 bridgehead atoms. The molecule has 4 heteroatoms. The average molecular weight is 786 g/mol. The molecule has 0 aromatic rings. The number of hydrogen-bond acceptors (Lipinski definition) is 3. The lowest BCUT2D eigenvalue weighted by atomic mass is 10.0. The van der Waals surface area contributed by atoms with Crippen molar-refractivity contribution in [2.45, 2.75) is 283 Å². The molecule has 0 fully saturated rings. The lowest BCUT2D eigenvalue weighted by Crippen LogP contribution is -2.45. The normalized spacial score (nSPS) is 13.1. The quantitative estimate of drug-likeness (QED) is 0.0425. The van der Waals surface area contributed by atoms with Crippen molar-refractivity contribution < 1.29 is 15.0 Å². The highest BCUT2D eigenvalue weighted by molar-refractivity contribution is 5.76. The van der Waals surface area contributed by atoms with Gasteiger partial charge in [-0.2, -0.15) is 0 Å². The first kappa shape index (κ1) is 54.6. The van der Waals surface area contributed by atoms with Crippen LogP contribution in [0.4, 0.5) is 0 Å². The van der Waals surface area contributed by atoms with Crippen molar-refractivity contribution in [2.75, 3.05) is 6.61 Å². The topological polar surface area (TPSA) is 69.6 Å². The van der Waals surface area contributed by atoms with Crippen LogP contribution in [0, 0.1) is 0 Å². The fourth-order valence-corrected chi connectivity index (χ4v) is 7.74. The highest BCUT2D eigenvalue weighted by Crippen LogP contribution is 2.16. The Labute approximate surface area is 351 Å². The molecule has 4 nitrogen and oxygen atoms in total. The first-order valence-corrected chi connectivity index (χ1v) is 25.2. The highest BCUT2D eigenvalue weighted by atomic mass is 16.3. The molecule has 1 amide bonds. The van der Waals surface area contributed by atoms with E-state index in [4.69, 9.17) is 0 Å². The molecule has 0 radical (unpaired) electrons. The van der Waals surface area contributed by atoms with E-state index in [1.165, 1.54) is 218 Å². The van der Waals surface area contributed by atoms with E-state index in [1.54, 1.807) is 6.08 Å². The van der Waals surface area contributed by atoms with Crippen molar-refractivity contribution in [2.24, 2.45) is 0 Å². The Kier molecular flexibility index (Phi) is 46.8. The third-order valence-electron chi connectivity index (χ3n) is 11.6. The summed E-state index contributed by atoms with van der Waals surface area (Å²) >= 11 is 0. The van der Waals surface area contributed by atoms with Gasteiger partial charge in [0.25, 0.3) is 0 Å². The lowest BCUT2D eigenvalue weighted by Gasteiger charge is -2.20. The molecule has 0 aliphatic heterocycles. The van der Waals surface area contributed by atoms with E-state index >= 15 is 0 Å². The summed E-state index contributed by atoms with van der Waals surface area (Å²) in [7, 11) is 0. The number of carbonyl (C=O) groups excluding carboxylic acids is 1. The van der Waals surface area contributed by atoms with E-state index in [0.29, 0.717) is 6.42 Å². The second-order valence-corrected chi connectivity index (χ2v) is 17.2. The maximum absolute atomic E-state index is 12.4. The van der Waals surface area contributed by atoms with Crippen LogP contribution in [0.3, 0.4) is 0 Å². The molecule has 0 aromatic heterocycles. The minimum Gasteiger partial charge on any atom is -0.394 e. The molecule has 0 aromatic carbocycles. The average Bonchev–Trinajstić information content (AvgIpc) is 3.20. The van der Waals surface area contributed by atoms with E-state index in [1.807, 2.05) is 6.08 Å². The van der Waals surface area contributed by atoms with Gasteiger partial charge in [0.15, 0.2) is 0 Å². The van der Waals surface area contributed by atoms with Gasteiger partial charge in [0.05, 0.1) is 18.8 Å². The standard InChI is InChI=1S/C52H99NO3/c1-3-5-7-9-11-13-15-17-19-21-23-24-25-26-27-28-30-32-34-36-38-40-42-44-46-48-52(56)53-50(49-54)51(55)47-45-43-41-39-37-35-33-31-29-22-20-18-16-14-12-10-8-6-4-2/h15,17,21,23,45,47,50-51,54-55H,3-14,16,18-20,22,24-44,46,48-49H2,1-2H3,(H,53,56)/b17-15-,23-21-,47-45+. The zero-order valence-corrected chi connectivity index (χ0v) is 37.9. The highest BCUT2D eigenvalue weighted by Gasteiger charge is 2.18. The van der Waals surface area contributed by atoms with Crippen LogP contribution in [-0.2, 0) is 4.79 Å². The van der Waals surface area contributed by atoms with Crippen LogP contribution in [-0.4, -0.2) is 34.9 Å². The Morgan fingerprint density at radius 2 is 0.732 bits per heavy atom. The van der Waals surface area contributed by atoms with Gasteiger partial charge in [-0.15, -0.1) is 0 Å². The van der Waals surface area contributed by atoms with Crippen LogP contribution in [0.2, 0.25) is 0 Å². The zero-order chi connectivity index (χ0) is 40.7. The number of aliphatic hydroxyl groups is 2. The molecule has 330 valence electrons. The first-order chi connectivity index (χ1) is 27.7. The van der Waals surface area contributed by atoms with Crippen molar-refractivity contribution >= 4 is 5.91 Å². The van der Waals surface area contributed by atoms with Crippen molar-refractivity contribution in [1.82, 2.24) is 5.32 Å². The molecule has 0 saturated carbocycles. The van der Waals surface area contributed by atoms with Gasteiger partial charge in [-0.1, -0.05) is 249 Å². The van der Waals surface area contributed by atoms with Crippen LogP contribution in [0.25, 0.3) is 0 Å². The number of hydrogen-bond donors (Lipinski definition) is 3. The van der Waals surface area contributed by atoms with Gasteiger partial charge in [0, 0.05) is 6.42 Å². The van der Waals surface area contributed by atoms with Crippen molar-refractivity contribution in [3.05, 3.63) is 36.5 Å². The number of allylic oxidation sites excluding steroid dienone is 5. The van der Waals surface area contributed by atoms with E-state index < -0.39 is 12.1 Å². The molecule has 56 heavy (non-hydrogen) atoms. The van der Waals surface area contributed by atoms with Gasteiger partial charge in [-0.25, -0.2) is 0 Å². The minimum absolute atomic E-state index is 0.0624. The van der Waals surface area contributed by atoms with Crippen LogP contribution < -0.4 is 5.32 Å². The van der Waals surface area contributed by atoms with E-state index in [2.05, 4.69) is 43.5 Å². The van der Waals surface area contributed by atoms with Crippen molar-refractivity contribution in [1.29, 1.82) is 0 Å². The lowest BCUT2D eigenvalue weighted by molar-refractivity contribution is -0.123. The smallest absolute Gasteiger partial charge is 0.220 e. The number of rotatable bonds is 46. The van der Waals surface area contributed by atoms with Gasteiger partial charge in [0.2, 0.25) is 5.91 Å². The third-order valence-corrected chi connectivity index (χ3v) is 11.6. The van der Waals surface area contributed by atoms with E-state index in [9.17, 15) is 15.0 Å². The zero-order valence-electron chi connectivity index (χ0n) is 37.9. The summed E-state index contributed by atoms with van der Waals surface area (Å²) in [5.41, 5.74) is 0. The summed E-state index contributed by atoms with van der Waals surface area (Å²) in [6.07, 6.45) is 64.2. The van der Waals surface area contributed by atoms with E-state index in [-0.39, 0.29) is 12.5 Å². The molecule has 2 unspecified atom stereocenters. The van der Waals surface area contributed by atoms with Gasteiger partial charge >= 0.3 is 0 Å². The van der Waals surface area contributed by atoms with Crippen LogP contribution in [0.15, 0.2) is 36.5 Å². The molecule has 0 aliphatic rings. The molecule has 0 aliphatic carbocycles. The van der Waals surface area contributed by atoms with E-state index in [0.717, 1.165) is 32.1 Å². The van der Waals surface area contributed by atoms with Crippen LogP contribution >= 0.6 is 0 Å². The number of nitrogens with one attached hydrogen (secondary N) is 1. The Morgan fingerprint density at radius 3 is 1.07 bits per heavy atom. The summed E-state index contributed by atoms with van der Waals surface area (Å²) in [5.74, 6) is -0.0624.